The molecule has 4 nitrogen and oxygen atoms in total. The van der Waals surface area contributed by atoms with Crippen molar-refractivity contribution >= 4 is 22.3 Å². The van der Waals surface area contributed by atoms with Gasteiger partial charge in [0, 0.05) is 36.5 Å². The van der Waals surface area contributed by atoms with E-state index in [0.717, 1.165) is 47.3 Å². The molecule has 0 radical (unpaired) electrons. The first-order valence-electron chi connectivity index (χ1n) is 12.8. The zero-order valence-electron chi connectivity index (χ0n) is 22.4. The number of fused-ring (bicyclic) bond motifs is 1. The van der Waals surface area contributed by atoms with E-state index in [-0.39, 0.29) is 5.78 Å². The lowest BCUT2D eigenvalue weighted by Gasteiger charge is -2.07. The van der Waals surface area contributed by atoms with Gasteiger partial charge in [-0.1, -0.05) is 38.1 Å². The number of hydrogen-bond donors (Lipinski definition) is 1. The first-order valence-corrected chi connectivity index (χ1v) is 12.8. The maximum absolute atomic E-state index is 11.6. The average molecular weight is 475 g/mol. The van der Waals surface area contributed by atoms with E-state index < -0.39 is 0 Å². The molecule has 0 unspecified atom stereocenters. The van der Waals surface area contributed by atoms with Crippen molar-refractivity contribution in [2.45, 2.75) is 79.8 Å². The third-order valence-corrected chi connectivity index (χ3v) is 6.16. The number of aryl methyl sites for hydroxylation is 1. The molecule has 0 bridgehead atoms. The van der Waals surface area contributed by atoms with Gasteiger partial charge in [0.15, 0.2) is 5.78 Å². The Labute approximate surface area is 211 Å². The second-order valence-electron chi connectivity index (χ2n) is 9.02. The number of Topliss-reactive ketones (excluding diaryl/α,β-unsaturated/α-hetero) is 1. The fraction of sp³-hybridized carbons (Fsp3) is 0.419. The van der Waals surface area contributed by atoms with Gasteiger partial charge in [0.1, 0.15) is 0 Å². The van der Waals surface area contributed by atoms with Gasteiger partial charge in [-0.15, -0.1) is 6.58 Å². The smallest absolute Gasteiger partial charge is 0.175 e. The lowest BCUT2D eigenvalue weighted by molar-refractivity contribution is 0.101. The number of nitrogens with one attached hydrogen (secondary N) is 1. The van der Waals surface area contributed by atoms with Gasteiger partial charge in [0.25, 0.3) is 0 Å². The van der Waals surface area contributed by atoms with Crippen LogP contribution in [0, 0.1) is 6.92 Å². The van der Waals surface area contributed by atoms with Crippen LogP contribution in [0.2, 0.25) is 0 Å². The molecule has 3 heterocycles. The largest absolute Gasteiger partial charge is 0.378 e. The summed E-state index contributed by atoms with van der Waals surface area (Å²) < 4.78 is 5.30. The molecule has 0 spiro atoms. The molecule has 188 valence electrons. The zero-order valence-corrected chi connectivity index (χ0v) is 22.4. The van der Waals surface area contributed by atoms with Gasteiger partial charge in [-0.05, 0) is 87.4 Å². The Morgan fingerprint density at radius 2 is 1.97 bits per heavy atom. The monoisotopic (exact) mass is 474 g/mol. The predicted molar refractivity (Wildman–Crippen MR) is 149 cm³/mol. The summed E-state index contributed by atoms with van der Waals surface area (Å²) in [5, 5.41) is 1.08. The Kier molecular flexibility index (Phi) is 11.6. The summed E-state index contributed by atoms with van der Waals surface area (Å²) in [4.78, 5) is 19.6. The predicted octanol–water partition coefficient (Wildman–Crippen LogP) is 8.25. The molecule has 2 aromatic heterocycles. The number of rotatable bonds is 6. The van der Waals surface area contributed by atoms with Gasteiger partial charge in [-0.25, -0.2) is 0 Å². The number of ketones is 1. The number of nitrogens with zero attached hydrogens (tertiary/aromatic N) is 1. The number of pyridine rings is 1. The van der Waals surface area contributed by atoms with Gasteiger partial charge in [-0.3, -0.25) is 9.78 Å². The maximum Gasteiger partial charge on any atom is 0.175 e. The number of aromatic nitrogens is 2. The second-order valence-corrected chi connectivity index (χ2v) is 9.02. The lowest BCUT2D eigenvalue weighted by atomic mass is 10.0. The van der Waals surface area contributed by atoms with Crippen LogP contribution in [-0.4, -0.2) is 28.5 Å². The van der Waals surface area contributed by atoms with E-state index in [0.29, 0.717) is 11.8 Å². The molecule has 0 amide bonds. The van der Waals surface area contributed by atoms with Crippen LogP contribution in [0.5, 0.6) is 0 Å². The third-order valence-electron chi connectivity index (χ3n) is 6.16. The molecule has 3 aromatic rings. The molecule has 0 aliphatic carbocycles. The number of carbonyl (C=O) groups excluding carboxylic acids is 1. The fourth-order valence-electron chi connectivity index (χ4n) is 3.92. The summed E-state index contributed by atoms with van der Waals surface area (Å²) >= 11 is 0. The van der Waals surface area contributed by atoms with Gasteiger partial charge in [-0.2, -0.15) is 0 Å². The van der Waals surface area contributed by atoms with Crippen molar-refractivity contribution in [2.75, 3.05) is 6.61 Å². The summed E-state index contributed by atoms with van der Waals surface area (Å²) in [5.41, 5.74) is 7.31. The van der Waals surface area contributed by atoms with Crippen molar-refractivity contribution in [1.29, 1.82) is 0 Å². The quantitative estimate of drug-likeness (QED) is 0.289. The van der Waals surface area contributed by atoms with E-state index in [2.05, 4.69) is 69.6 Å². The molecule has 1 saturated heterocycles. The summed E-state index contributed by atoms with van der Waals surface area (Å²) in [6.45, 7) is 16.5. The molecule has 1 aliphatic heterocycles. The third kappa shape index (κ3) is 8.63. The number of allylic oxidation sites excluding steroid dienone is 3. The topological polar surface area (TPSA) is 55.0 Å². The Bertz CT molecular complexity index is 1130. The minimum absolute atomic E-state index is 0.0587. The highest BCUT2D eigenvalue weighted by Gasteiger charge is 2.11. The SMILES string of the molecule is C/C=C(\C)c1cccc(Cc2cc(C)c3[nH]c(C(C)=O)cc3c2)n1.C=CCC.CC[C@@H]1CCCO1. The van der Waals surface area contributed by atoms with Gasteiger partial charge >= 0.3 is 0 Å². The molecule has 1 fully saturated rings. The normalized spacial score (nSPS) is 15.1. The summed E-state index contributed by atoms with van der Waals surface area (Å²) in [6, 6.07) is 12.4. The number of benzene rings is 1. The van der Waals surface area contributed by atoms with Crippen LogP contribution in [0.3, 0.4) is 0 Å². The number of ether oxygens (including phenoxy) is 1. The molecule has 1 N–H and O–H groups in total. The molecule has 4 rings (SSSR count). The van der Waals surface area contributed by atoms with Crippen molar-refractivity contribution in [3.63, 3.8) is 0 Å². The van der Waals surface area contributed by atoms with Gasteiger partial charge < -0.3 is 9.72 Å². The summed E-state index contributed by atoms with van der Waals surface area (Å²) in [5.74, 6) is 0.0587. The molecule has 1 atom stereocenters. The Balaban J connectivity index is 0.000000325. The number of hydrogen-bond acceptors (Lipinski definition) is 3. The average Bonchev–Trinajstić information content (AvgIpc) is 3.55. The highest BCUT2D eigenvalue weighted by molar-refractivity contribution is 5.98. The van der Waals surface area contributed by atoms with Crippen LogP contribution in [-0.2, 0) is 11.2 Å². The zero-order chi connectivity index (χ0) is 25.8. The standard InChI is InChI=1S/C21H22N2O.C6H12O.C4H8/c1-5-13(2)19-8-6-7-18(22-19)11-16-9-14(3)21-17(10-16)12-20(23-21)15(4)24;1-2-6-4-3-5-7-6;1-3-4-2/h5-10,12,23H,11H2,1-4H3;6H,2-5H2,1H3;3H,1,4H2,2H3/b13-5+;;/t;6-;/m.1./s1. The Morgan fingerprint density at radius 1 is 1.23 bits per heavy atom. The maximum atomic E-state index is 11.6. The van der Waals surface area contributed by atoms with Crippen LogP contribution in [0.4, 0.5) is 0 Å². The molecule has 35 heavy (non-hydrogen) atoms. The van der Waals surface area contributed by atoms with Gasteiger partial charge in [0.2, 0.25) is 0 Å². The van der Waals surface area contributed by atoms with E-state index in [1.807, 2.05) is 25.1 Å². The molecule has 1 aromatic carbocycles. The van der Waals surface area contributed by atoms with Crippen LogP contribution < -0.4 is 0 Å². The van der Waals surface area contributed by atoms with Crippen molar-refractivity contribution < 1.29 is 9.53 Å². The Hall–Kier alpha value is -2.98. The van der Waals surface area contributed by atoms with Crippen LogP contribution in [0.1, 0.15) is 93.3 Å². The van der Waals surface area contributed by atoms with Crippen molar-refractivity contribution in [1.82, 2.24) is 9.97 Å². The highest BCUT2D eigenvalue weighted by Crippen LogP contribution is 2.23. The van der Waals surface area contributed by atoms with E-state index in [1.54, 1.807) is 6.92 Å². The van der Waals surface area contributed by atoms with E-state index >= 15 is 0 Å². The molecule has 1 aliphatic rings. The van der Waals surface area contributed by atoms with Crippen LogP contribution >= 0.6 is 0 Å². The second kappa shape index (κ2) is 14.4. The highest BCUT2D eigenvalue weighted by atomic mass is 16.5. The number of aromatic amines is 1. The van der Waals surface area contributed by atoms with E-state index in [4.69, 9.17) is 9.72 Å². The summed E-state index contributed by atoms with van der Waals surface area (Å²) in [6.07, 6.45) is 10.2. The molecule has 0 saturated carbocycles. The van der Waals surface area contributed by atoms with Crippen molar-refractivity contribution in [3.05, 3.63) is 83.3 Å². The van der Waals surface area contributed by atoms with E-state index in [1.165, 1.54) is 30.4 Å². The Morgan fingerprint density at radius 3 is 2.51 bits per heavy atom. The van der Waals surface area contributed by atoms with E-state index in [9.17, 15) is 4.79 Å². The van der Waals surface area contributed by atoms with Crippen LogP contribution in [0.25, 0.3) is 16.5 Å². The first kappa shape index (κ1) is 28.3. The van der Waals surface area contributed by atoms with Gasteiger partial charge in [0.05, 0.1) is 17.5 Å². The van der Waals surface area contributed by atoms with Crippen molar-refractivity contribution in [2.24, 2.45) is 0 Å². The van der Waals surface area contributed by atoms with Crippen molar-refractivity contribution in [3.8, 4) is 0 Å². The molecule has 4 heteroatoms. The lowest BCUT2D eigenvalue weighted by Crippen LogP contribution is -2.00. The fourth-order valence-corrected chi connectivity index (χ4v) is 3.92. The minimum Gasteiger partial charge on any atom is -0.378 e. The van der Waals surface area contributed by atoms with Crippen LogP contribution in [0.15, 0.2) is 55.1 Å². The molecular formula is C31H42N2O2. The number of carbonyl (C=O) groups is 1. The first-order chi connectivity index (χ1) is 16.8. The summed E-state index contributed by atoms with van der Waals surface area (Å²) in [7, 11) is 0. The number of H-pyrrole nitrogens is 1. The molecular weight excluding hydrogens is 432 g/mol. The minimum atomic E-state index is 0.0587.